The van der Waals surface area contributed by atoms with Gasteiger partial charge in [0.2, 0.25) is 0 Å². The molecule has 15 heavy (non-hydrogen) atoms. The zero-order chi connectivity index (χ0) is 11.4. The summed E-state index contributed by atoms with van der Waals surface area (Å²) in [5.74, 6) is 0.440. The molecule has 4 heteroatoms. The normalized spacial score (nSPS) is 14.7. The standard InChI is InChI=1S/C11H16FNO2/c1-7(12)11-8(9(14)6-13)4-3-5-10(11)15-2/h3-5,7,9,14H,6,13H2,1-2H3. The molecule has 0 aliphatic rings. The van der Waals surface area contributed by atoms with Gasteiger partial charge in [-0.3, -0.25) is 0 Å². The fraction of sp³-hybridized carbons (Fsp3) is 0.455. The molecule has 0 saturated carbocycles. The molecule has 1 rings (SSSR count). The molecule has 2 unspecified atom stereocenters. The number of halogens is 1. The smallest absolute Gasteiger partial charge is 0.126 e. The molecule has 1 aromatic rings. The number of hydrogen-bond acceptors (Lipinski definition) is 3. The Morgan fingerprint density at radius 3 is 2.67 bits per heavy atom. The van der Waals surface area contributed by atoms with Crippen LogP contribution in [0.2, 0.25) is 0 Å². The summed E-state index contributed by atoms with van der Waals surface area (Å²) in [5, 5.41) is 9.63. The van der Waals surface area contributed by atoms with Crippen molar-refractivity contribution in [2.45, 2.75) is 19.2 Å². The Labute approximate surface area is 88.7 Å². The van der Waals surface area contributed by atoms with E-state index in [2.05, 4.69) is 0 Å². The first kappa shape index (κ1) is 11.9. The van der Waals surface area contributed by atoms with Gasteiger partial charge >= 0.3 is 0 Å². The van der Waals surface area contributed by atoms with Crippen molar-refractivity contribution in [2.75, 3.05) is 13.7 Å². The third kappa shape index (κ3) is 2.46. The van der Waals surface area contributed by atoms with Crippen LogP contribution in [0.25, 0.3) is 0 Å². The lowest BCUT2D eigenvalue weighted by atomic mass is 9.98. The van der Waals surface area contributed by atoms with Crippen LogP contribution in [0.1, 0.15) is 30.3 Å². The van der Waals surface area contributed by atoms with E-state index in [4.69, 9.17) is 10.5 Å². The summed E-state index contributed by atoms with van der Waals surface area (Å²) >= 11 is 0. The second kappa shape index (κ2) is 5.09. The van der Waals surface area contributed by atoms with Crippen LogP contribution in [0.5, 0.6) is 5.75 Å². The number of aliphatic hydroxyl groups is 1. The maximum absolute atomic E-state index is 13.4. The number of benzene rings is 1. The fourth-order valence-electron chi connectivity index (χ4n) is 1.58. The van der Waals surface area contributed by atoms with Crippen molar-refractivity contribution in [3.8, 4) is 5.75 Å². The Kier molecular flexibility index (Phi) is 4.05. The quantitative estimate of drug-likeness (QED) is 0.800. The Morgan fingerprint density at radius 2 is 2.20 bits per heavy atom. The van der Waals surface area contributed by atoms with E-state index in [9.17, 15) is 9.50 Å². The van der Waals surface area contributed by atoms with Gasteiger partial charge in [0.05, 0.1) is 13.2 Å². The van der Waals surface area contributed by atoms with Crippen LogP contribution in [0.4, 0.5) is 4.39 Å². The lowest BCUT2D eigenvalue weighted by Crippen LogP contribution is -2.14. The summed E-state index contributed by atoms with van der Waals surface area (Å²) in [6.07, 6.45) is -2.05. The molecule has 3 N–H and O–H groups in total. The lowest BCUT2D eigenvalue weighted by Gasteiger charge is -2.17. The van der Waals surface area contributed by atoms with E-state index in [1.165, 1.54) is 14.0 Å². The van der Waals surface area contributed by atoms with Gasteiger partial charge in [0, 0.05) is 12.1 Å². The number of methoxy groups -OCH3 is 1. The van der Waals surface area contributed by atoms with Crippen molar-refractivity contribution >= 4 is 0 Å². The van der Waals surface area contributed by atoms with Gasteiger partial charge in [0.25, 0.3) is 0 Å². The highest BCUT2D eigenvalue weighted by molar-refractivity contribution is 5.43. The SMILES string of the molecule is COc1cccc(C(O)CN)c1C(C)F. The zero-order valence-electron chi connectivity index (χ0n) is 8.90. The van der Waals surface area contributed by atoms with E-state index in [1.807, 2.05) is 0 Å². The summed E-state index contributed by atoms with van der Waals surface area (Å²) < 4.78 is 18.5. The molecule has 1 aromatic carbocycles. The number of aliphatic hydroxyl groups excluding tert-OH is 1. The number of hydrogen-bond donors (Lipinski definition) is 2. The summed E-state index contributed by atoms with van der Waals surface area (Å²) in [7, 11) is 1.47. The minimum Gasteiger partial charge on any atom is -0.496 e. The van der Waals surface area contributed by atoms with E-state index in [0.717, 1.165) is 0 Å². The van der Waals surface area contributed by atoms with Gasteiger partial charge in [-0.15, -0.1) is 0 Å². The van der Waals surface area contributed by atoms with Crippen molar-refractivity contribution in [1.82, 2.24) is 0 Å². The van der Waals surface area contributed by atoms with Gasteiger partial charge < -0.3 is 15.6 Å². The summed E-state index contributed by atoms with van der Waals surface area (Å²) in [6.45, 7) is 1.47. The van der Waals surface area contributed by atoms with Crippen LogP contribution >= 0.6 is 0 Å². The number of rotatable bonds is 4. The van der Waals surface area contributed by atoms with Crippen molar-refractivity contribution in [1.29, 1.82) is 0 Å². The molecule has 0 aromatic heterocycles. The van der Waals surface area contributed by atoms with Gasteiger partial charge in [-0.25, -0.2) is 4.39 Å². The predicted molar refractivity (Wildman–Crippen MR) is 56.5 cm³/mol. The summed E-state index contributed by atoms with van der Waals surface area (Å²) in [5.41, 5.74) is 6.22. The first-order chi connectivity index (χ1) is 7.11. The zero-order valence-corrected chi connectivity index (χ0v) is 8.90. The maximum atomic E-state index is 13.4. The average Bonchev–Trinajstić information content (AvgIpc) is 2.26. The third-order valence-corrected chi connectivity index (χ3v) is 2.30. The molecule has 84 valence electrons. The number of alkyl halides is 1. The van der Waals surface area contributed by atoms with Gasteiger partial charge in [-0.2, -0.15) is 0 Å². The molecule has 3 nitrogen and oxygen atoms in total. The minimum absolute atomic E-state index is 0.0624. The Morgan fingerprint density at radius 1 is 1.53 bits per heavy atom. The van der Waals surface area contributed by atoms with Crippen LogP contribution < -0.4 is 10.5 Å². The van der Waals surface area contributed by atoms with Gasteiger partial charge in [0.1, 0.15) is 11.9 Å². The van der Waals surface area contributed by atoms with Crippen molar-refractivity contribution in [3.63, 3.8) is 0 Å². The Balaban J connectivity index is 3.25. The molecular formula is C11H16FNO2. The average molecular weight is 213 g/mol. The van der Waals surface area contributed by atoms with Crippen molar-refractivity contribution in [2.24, 2.45) is 5.73 Å². The second-order valence-corrected chi connectivity index (χ2v) is 3.33. The van der Waals surface area contributed by atoms with E-state index < -0.39 is 12.3 Å². The van der Waals surface area contributed by atoms with Crippen LogP contribution in [0.3, 0.4) is 0 Å². The first-order valence-corrected chi connectivity index (χ1v) is 4.80. The Bertz CT molecular complexity index is 328. The number of ether oxygens (including phenoxy) is 1. The maximum Gasteiger partial charge on any atom is 0.126 e. The van der Waals surface area contributed by atoms with E-state index >= 15 is 0 Å². The van der Waals surface area contributed by atoms with E-state index in [-0.39, 0.29) is 6.54 Å². The molecule has 0 aliphatic carbocycles. The molecule has 0 heterocycles. The predicted octanol–water partition coefficient (Wildman–Crippen LogP) is 1.72. The van der Waals surface area contributed by atoms with Gasteiger partial charge in [0.15, 0.2) is 0 Å². The summed E-state index contributed by atoms with van der Waals surface area (Å²) in [4.78, 5) is 0. The van der Waals surface area contributed by atoms with Crippen molar-refractivity contribution < 1.29 is 14.2 Å². The highest BCUT2D eigenvalue weighted by Crippen LogP contribution is 2.33. The Hall–Kier alpha value is -1.13. The molecule has 0 amide bonds. The van der Waals surface area contributed by atoms with Crippen LogP contribution in [-0.4, -0.2) is 18.8 Å². The van der Waals surface area contributed by atoms with Crippen LogP contribution in [-0.2, 0) is 0 Å². The van der Waals surface area contributed by atoms with Crippen molar-refractivity contribution in [3.05, 3.63) is 29.3 Å². The molecule has 0 saturated heterocycles. The topological polar surface area (TPSA) is 55.5 Å². The van der Waals surface area contributed by atoms with Gasteiger partial charge in [-0.05, 0) is 18.6 Å². The molecule has 0 aliphatic heterocycles. The fourth-order valence-corrected chi connectivity index (χ4v) is 1.58. The molecule has 2 atom stereocenters. The first-order valence-electron chi connectivity index (χ1n) is 4.80. The lowest BCUT2D eigenvalue weighted by molar-refractivity contribution is 0.182. The number of nitrogens with two attached hydrogens (primary N) is 1. The van der Waals surface area contributed by atoms with Gasteiger partial charge in [-0.1, -0.05) is 12.1 Å². The van der Waals surface area contributed by atoms with Crippen LogP contribution in [0, 0.1) is 0 Å². The monoisotopic (exact) mass is 213 g/mol. The molecule has 0 bridgehead atoms. The highest BCUT2D eigenvalue weighted by atomic mass is 19.1. The molecule has 0 fully saturated rings. The van der Waals surface area contributed by atoms with E-state index in [1.54, 1.807) is 18.2 Å². The molecular weight excluding hydrogens is 197 g/mol. The molecule has 0 radical (unpaired) electrons. The summed E-state index contributed by atoms with van der Waals surface area (Å²) in [6, 6.07) is 5.03. The van der Waals surface area contributed by atoms with E-state index in [0.29, 0.717) is 16.9 Å². The molecule has 0 spiro atoms. The highest BCUT2D eigenvalue weighted by Gasteiger charge is 2.19. The third-order valence-electron chi connectivity index (χ3n) is 2.30. The minimum atomic E-state index is -1.20. The largest absolute Gasteiger partial charge is 0.496 e. The second-order valence-electron chi connectivity index (χ2n) is 3.33. The van der Waals surface area contributed by atoms with Crippen LogP contribution in [0.15, 0.2) is 18.2 Å².